The maximum atomic E-state index is 12.4. The van der Waals surface area contributed by atoms with Gasteiger partial charge in [-0.3, -0.25) is 24.5 Å². The van der Waals surface area contributed by atoms with Gasteiger partial charge in [0.1, 0.15) is 11.1 Å². The Balaban J connectivity index is 2.00. The third kappa shape index (κ3) is 5.92. The number of nitro groups is 1. The monoisotopic (exact) mass is 396 g/mol. The maximum absolute atomic E-state index is 12.4. The van der Waals surface area contributed by atoms with E-state index in [0.29, 0.717) is 0 Å². The molecular formula is C17H21ClN4O5. The zero-order valence-electron chi connectivity index (χ0n) is 15.0. The summed E-state index contributed by atoms with van der Waals surface area (Å²) in [5, 5.41) is 18.7. The second-order valence-corrected chi connectivity index (χ2v) is 7.09. The van der Waals surface area contributed by atoms with E-state index in [2.05, 4.69) is 16.0 Å². The van der Waals surface area contributed by atoms with Crippen LogP contribution in [0.25, 0.3) is 0 Å². The number of carbonyl (C=O) groups excluding carboxylic acids is 3. The van der Waals surface area contributed by atoms with Crippen molar-refractivity contribution in [1.29, 1.82) is 0 Å². The summed E-state index contributed by atoms with van der Waals surface area (Å²) in [4.78, 5) is 46.7. The highest BCUT2D eigenvalue weighted by molar-refractivity contribution is 6.32. The Kier molecular flexibility index (Phi) is 6.73. The third-order valence-electron chi connectivity index (χ3n) is 4.01. The number of nitro benzene ring substituents is 1. The fourth-order valence-electron chi connectivity index (χ4n) is 2.34. The molecule has 0 spiro atoms. The van der Waals surface area contributed by atoms with E-state index in [9.17, 15) is 24.5 Å². The second-order valence-electron chi connectivity index (χ2n) is 6.68. The van der Waals surface area contributed by atoms with Crippen molar-refractivity contribution in [2.75, 3.05) is 6.54 Å². The summed E-state index contributed by atoms with van der Waals surface area (Å²) < 4.78 is 0. The Hall–Kier alpha value is -2.68. The van der Waals surface area contributed by atoms with Gasteiger partial charge in [0, 0.05) is 17.7 Å². The first-order valence-electron chi connectivity index (χ1n) is 8.51. The molecule has 1 aliphatic carbocycles. The second kappa shape index (κ2) is 8.81. The lowest BCUT2D eigenvalue weighted by Gasteiger charge is -2.21. The molecule has 1 saturated carbocycles. The molecule has 3 N–H and O–H groups in total. The predicted molar refractivity (Wildman–Crippen MR) is 98.4 cm³/mol. The Morgan fingerprint density at radius 2 is 1.96 bits per heavy atom. The number of nitrogens with zero attached hydrogens (tertiary/aromatic N) is 1. The first-order valence-corrected chi connectivity index (χ1v) is 8.88. The van der Waals surface area contributed by atoms with Crippen LogP contribution in [0, 0.1) is 16.0 Å². The van der Waals surface area contributed by atoms with Crippen molar-refractivity contribution in [2.24, 2.45) is 5.92 Å². The largest absolute Gasteiger partial charge is 0.352 e. The number of hydrogen-bond donors (Lipinski definition) is 3. The average Bonchev–Trinajstić information content (AvgIpc) is 3.41. The van der Waals surface area contributed by atoms with E-state index >= 15 is 0 Å². The van der Waals surface area contributed by atoms with Gasteiger partial charge in [-0.2, -0.15) is 0 Å². The number of benzene rings is 1. The SMILES string of the molecule is CC(C)[C@H](NC(=O)c1ccc(Cl)c([N+](=O)[O-])c1)C(=O)NCC(=O)NC1CC1. The van der Waals surface area contributed by atoms with E-state index in [1.165, 1.54) is 12.1 Å². The van der Waals surface area contributed by atoms with Gasteiger partial charge in [-0.1, -0.05) is 25.4 Å². The molecule has 0 unspecified atom stereocenters. The molecule has 0 saturated heterocycles. The van der Waals surface area contributed by atoms with Gasteiger partial charge >= 0.3 is 0 Å². The summed E-state index contributed by atoms with van der Waals surface area (Å²) in [6.45, 7) is 3.29. The van der Waals surface area contributed by atoms with Crippen molar-refractivity contribution in [1.82, 2.24) is 16.0 Å². The fourth-order valence-corrected chi connectivity index (χ4v) is 2.52. The van der Waals surface area contributed by atoms with Gasteiger partial charge in [0.15, 0.2) is 0 Å². The van der Waals surface area contributed by atoms with Crippen molar-refractivity contribution in [3.63, 3.8) is 0 Å². The Morgan fingerprint density at radius 1 is 1.30 bits per heavy atom. The minimum absolute atomic E-state index is 0.0102. The van der Waals surface area contributed by atoms with Gasteiger partial charge in [0.25, 0.3) is 11.6 Å². The molecule has 2 rings (SSSR count). The van der Waals surface area contributed by atoms with Crippen LogP contribution in [0.2, 0.25) is 5.02 Å². The van der Waals surface area contributed by atoms with E-state index in [0.717, 1.165) is 18.9 Å². The average molecular weight is 397 g/mol. The van der Waals surface area contributed by atoms with Crippen LogP contribution >= 0.6 is 11.6 Å². The lowest BCUT2D eigenvalue weighted by atomic mass is 10.0. The van der Waals surface area contributed by atoms with Gasteiger partial charge in [0.05, 0.1) is 11.5 Å². The standard InChI is InChI=1S/C17H21ClN4O5/c1-9(2)15(17(25)19-8-14(23)20-11-4-5-11)21-16(24)10-3-6-12(18)13(7-10)22(26)27/h3,6-7,9,11,15H,4-5,8H2,1-2H3,(H,19,25)(H,20,23)(H,21,24)/t15-/m0/s1. The van der Waals surface area contributed by atoms with Crippen LogP contribution in [0.1, 0.15) is 37.0 Å². The van der Waals surface area contributed by atoms with E-state index < -0.39 is 28.5 Å². The molecule has 0 bridgehead atoms. The highest BCUT2D eigenvalue weighted by Crippen LogP contribution is 2.25. The Bertz CT molecular complexity index is 764. The zero-order chi connectivity index (χ0) is 20.1. The summed E-state index contributed by atoms with van der Waals surface area (Å²) in [6.07, 6.45) is 1.88. The lowest BCUT2D eigenvalue weighted by molar-refractivity contribution is -0.384. The highest BCUT2D eigenvalue weighted by Gasteiger charge is 2.27. The number of rotatable bonds is 8. The third-order valence-corrected chi connectivity index (χ3v) is 4.33. The molecule has 0 heterocycles. The van der Waals surface area contributed by atoms with Crippen LogP contribution < -0.4 is 16.0 Å². The molecule has 1 fully saturated rings. The van der Waals surface area contributed by atoms with Crippen molar-refractivity contribution in [2.45, 2.75) is 38.8 Å². The van der Waals surface area contributed by atoms with Crippen LogP contribution in [-0.2, 0) is 9.59 Å². The summed E-state index contributed by atoms with van der Waals surface area (Å²) in [5.41, 5.74) is -0.386. The van der Waals surface area contributed by atoms with Crippen molar-refractivity contribution >= 4 is 35.0 Å². The molecule has 1 aromatic carbocycles. The Morgan fingerprint density at radius 3 is 2.52 bits per heavy atom. The number of halogens is 1. The first kappa shape index (κ1) is 20.6. The van der Waals surface area contributed by atoms with Crippen molar-refractivity contribution in [3.8, 4) is 0 Å². The molecule has 0 radical (unpaired) electrons. The zero-order valence-corrected chi connectivity index (χ0v) is 15.7. The predicted octanol–water partition coefficient (Wildman–Crippen LogP) is 1.40. The van der Waals surface area contributed by atoms with Crippen LogP contribution in [0.3, 0.4) is 0 Å². The van der Waals surface area contributed by atoms with Crippen molar-refractivity contribution in [3.05, 3.63) is 38.9 Å². The van der Waals surface area contributed by atoms with Crippen molar-refractivity contribution < 1.29 is 19.3 Å². The lowest BCUT2D eigenvalue weighted by Crippen LogP contribution is -2.51. The van der Waals surface area contributed by atoms with E-state index in [-0.39, 0.29) is 35.0 Å². The van der Waals surface area contributed by atoms with Crippen LogP contribution in [-0.4, -0.2) is 41.3 Å². The van der Waals surface area contributed by atoms with E-state index in [4.69, 9.17) is 11.6 Å². The number of hydrogen-bond acceptors (Lipinski definition) is 5. The molecule has 3 amide bonds. The molecule has 27 heavy (non-hydrogen) atoms. The quantitative estimate of drug-likeness (QED) is 0.451. The Labute approximate surface area is 161 Å². The normalized spacial score (nSPS) is 14.4. The smallest absolute Gasteiger partial charge is 0.288 e. The van der Waals surface area contributed by atoms with Gasteiger partial charge in [-0.15, -0.1) is 0 Å². The molecule has 1 aromatic rings. The summed E-state index contributed by atoms with van der Waals surface area (Å²) in [5.74, 6) is -1.70. The van der Waals surface area contributed by atoms with Gasteiger partial charge in [0.2, 0.25) is 11.8 Å². The number of carbonyl (C=O) groups is 3. The van der Waals surface area contributed by atoms with Gasteiger partial charge in [-0.25, -0.2) is 0 Å². The fraction of sp³-hybridized carbons (Fsp3) is 0.471. The summed E-state index contributed by atoms with van der Waals surface area (Å²) in [6, 6.07) is 2.93. The maximum Gasteiger partial charge on any atom is 0.288 e. The molecule has 0 aromatic heterocycles. The molecule has 10 heteroatoms. The summed E-state index contributed by atoms with van der Waals surface area (Å²) >= 11 is 5.74. The minimum atomic E-state index is -0.902. The minimum Gasteiger partial charge on any atom is -0.352 e. The molecular weight excluding hydrogens is 376 g/mol. The van der Waals surface area contributed by atoms with Gasteiger partial charge in [-0.05, 0) is 30.9 Å². The number of nitrogens with one attached hydrogen (secondary N) is 3. The number of amides is 3. The van der Waals surface area contributed by atoms with E-state index in [1.54, 1.807) is 13.8 Å². The molecule has 9 nitrogen and oxygen atoms in total. The van der Waals surface area contributed by atoms with Crippen LogP contribution in [0.4, 0.5) is 5.69 Å². The highest BCUT2D eigenvalue weighted by atomic mass is 35.5. The molecule has 1 atom stereocenters. The molecule has 0 aliphatic heterocycles. The summed E-state index contributed by atoms with van der Waals surface area (Å²) in [7, 11) is 0. The van der Waals surface area contributed by atoms with Gasteiger partial charge < -0.3 is 16.0 Å². The first-order chi connectivity index (χ1) is 12.7. The van der Waals surface area contributed by atoms with Crippen LogP contribution in [0.15, 0.2) is 18.2 Å². The van der Waals surface area contributed by atoms with E-state index in [1.807, 2.05) is 0 Å². The molecule has 146 valence electrons. The van der Waals surface area contributed by atoms with Crippen LogP contribution in [0.5, 0.6) is 0 Å². The topological polar surface area (TPSA) is 130 Å². The molecule has 1 aliphatic rings.